The molecule has 180 valence electrons. The van der Waals surface area contributed by atoms with Gasteiger partial charge in [0.1, 0.15) is 11.6 Å². The summed E-state index contributed by atoms with van der Waals surface area (Å²) in [5.74, 6) is 0.210. The summed E-state index contributed by atoms with van der Waals surface area (Å²) in [5.41, 5.74) is 6.52. The van der Waals surface area contributed by atoms with Crippen LogP contribution in [0.5, 0.6) is 5.75 Å². The number of anilines is 1. The molecule has 0 fully saturated rings. The number of carboxylic acids is 1. The SMILES string of the molecule is Cc1ccc(-n2nc(C)c3c2NC2=C(C(=O)CC(C)(C)C2)[C@H]3c2ccc(OCC(=O)O)cc2)cc1. The summed E-state index contributed by atoms with van der Waals surface area (Å²) < 4.78 is 7.25. The summed E-state index contributed by atoms with van der Waals surface area (Å²) in [6, 6.07) is 15.6. The van der Waals surface area contributed by atoms with E-state index in [0.29, 0.717) is 12.2 Å². The summed E-state index contributed by atoms with van der Waals surface area (Å²) in [6.07, 6.45) is 1.26. The van der Waals surface area contributed by atoms with Crippen molar-refractivity contribution in [3.05, 3.63) is 82.2 Å². The third-order valence-corrected chi connectivity index (χ3v) is 6.73. The number of ketones is 1. The lowest BCUT2D eigenvalue weighted by atomic mass is 9.69. The molecule has 1 aliphatic carbocycles. The highest BCUT2D eigenvalue weighted by molar-refractivity contribution is 6.01. The van der Waals surface area contributed by atoms with Crippen molar-refractivity contribution < 1.29 is 19.4 Å². The van der Waals surface area contributed by atoms with E-state index in [-0.39, 0.29) is 17.1 Å². The zero-order valence-corrected chi connectivity index (χ0v) is 20.4. The van der Waals surface area contributed by atoms with E-state index in [1.807, 2.05) is 35.9 Å². The molecule has 1 aromatic heterocycles. The number of aliphatic carboxylic acids is 1. The summed E-state index contributed by atoms with van der Waals surface area (Å²) in [7, 11) is 0. The molecule has 2 heterocycles. The minimum absolute atomic E-state index is 0.136. The Bertz CT molecular complexity index is 1350. The minimum atomic E-state index is -1.03. The number of hydrogen-bond acceptors (Lipinski definition) is 5. The number of hydrogen-bond donors (Lipinski definition) is 2. The third kappa shape index (κ3) is 4.22. The van der Waals surface area contributed by atoms with Gasteiger partial charge in [-0.05, 0) is 55.5 Å². The molecule has 1 atom stereocenters. The second-order valence-corrected chi connectivity index (χ2v) is 10.2. The molecule has 0 saturated heterocycles. The zero-order valence-electron chi connectivity index (χ0n) is 20.4. The predicted octanol–water partition coefficient (Wildman–Crippen LogP) is 5.15. The standard InChI is InChI=1S/C28H29N3O4/c1-16-5-9-19(10-6-16)31-27-24(17(2)30-31)25(18-7-11-20(12-8-18)35-15-23(33)34)26-21(29-27)13-28(3,4)14-22(26)32/h5-12,25,29H,13-15H2,1-4H3,(H,33,34)/t25-/m0/s1. The maximum Gasteiger partial charge on any atom is 0.341 e. The number of carbonyl (C=O) groups is 2. The molecular formula is C28H29N3O4. The van der Waals surface area contributed by atoms with E-state index in [0.717, 1.165) is 46.0 Å². The fourth-order valence-electron chi connectivity index (χ4n) is 5.18. The topological polar surface area (TPSA) is 93.5 Å². The van der Waals surface area contributed by atoms with Crippen LogP contribution < -0.4 is 10.1 Å². The number of Topliss-reactive ketones (excluding diaryl/α,β-unsaturated/α-hetero) is 1. The van der Waals surface area contributed by atoms with Gasteiger partial charge in [-0.15, -0.1) is 0 Å². The molecule has 0 radical (unpaired) electrons. The van der Waals surface area contributed by atoms with Gasteiger partial charge in [0, 0.05) is 29.2 Å². The van der Waals surface area contributed by atoms with Crippen LogP contribution in [0.4, 0.5) is 5.82 Å². The van der Waals surface area contributed by atoms with Crippen molar-refractivity contribution in [2.45, 2.75) is 46.5 Å². The summed E-state index contributed by atoms with van der Waals surface area (Å²) in [6.45, 7) is 7.88. The first kappa shape index (κ1) is 22.9. The first-order valence-electron chi connectivity index (χ1n) is 11.8. The molecule has 0 saturated carbocycles. The van der Waals surface area contributed by atoms with Crippen LogP contribution in [0.3, 0.4) is 0 Å². The van der Waals surface area contributed by atoms with Gasteiger partial charge in [0.15, 0.2) is 12.4 Å². The first-order chi connectivity index (χ1) is 16.6. The van der Waals surface area contributed by atoms with Crippen molar-refractivity contribution in [1.29, 1.82) is 0 Å². The van der Waals surface area contributed by atoms with Gasteiger partial charge >= 0.3 is 5.97 Å². The molecule has 35 heavy (non-hydrogen) atoms. The van der Waals surface area contributed by atoms with Crippen LogP contribution in [0.1, 0.15) is 55.0 Å². The Hall–Kier alpha value is -3.87. The van der Waals surface area contributed by atoms with E-state index in [1.165, 1.54) is 5.56 Å². The van der Waals surface area contributed by atoms with Crippen molar-refractivity contribution in [3.8, 4) is 11.4 Å². The van der Waals surface area contributed by atoms with Gasteiger partial charge in [-0.3, -0.25) is 4.79 Å². The molecule has 1 aliphatic heterocycles. The van der Waals surface area contributed by atoms with Crippen LogP contribution >= 0.6 is 0 Å². The second-order valence-electron chi connectivity index (χ2n) is 10.2. The minimum Gasteiger partial charge on any atom is -0.482 e. The van der Waals surface area contributed by atoms with Crippen LogP contribution in [0.2, 0.25) is 0 Å². The third-order valence-electron chi connectivity index (χ3n) is 6.73. The molecule has 0 unspecified atom stereocenters. The lowest BCUT2D eigenvalue weighted by Gasteiger charge is -2.38. The van der Waals surface area contributed by atoms with Gasteiger partial charge in [-0.2, -0.15) is 5.10 Å². The Labute approximate surface area is 204 Å². The number of nitrogens with zero attached hydrogens (tertiary/aromatic N) is 2. The van der Waals surface area contributed by atoms with Crippen LogP contribution in [0.15, 0.2) is 59.8 Å². The number of aryl methyl sites for hydroxylation is 2. The highest BCUT2D eigenvalue weighted by atomic mass is 16.5. The quantitative estimate of drug-likeness (QED) is 0.534. The van der Waals surface area contributed by atoms with E-state index >= 15 is 0 Å². The Kier molecular flexibility index (Phi) is 5.50. The number of ether oxygens (including phenoxy) is 1. The maximum atomic E-state index is 13.5. The highest BCUT2D eigenvalue weighted by Crippen LogP contribution is 2.50. The largest absolute Gasteiger partial charge is 0.482 e. The molecule has 0 spiro atoms. The zero-order chi connectivity index (χ0) is 24.9. The average Bonchev–Trinajstić information content (AvgIpc) is 3.12. The maximum absolute atomic E-state index is 13.5. The molecule has 5 rings (SSSR count). The van der Waals surface area contributed by atoms with Gasteiger partial charge in [-0.25, -0.2) is 9.48 Å². The van der Waals surface area contributed by atoms with Gasteiger partial charge in [0.25, 0.3) is 0 Å². The van der Waals surface area contributed by atoms with Crippen molar-refractivity contribution in [3.63, 3.8) is 0 Å². The summed E-state index contributed by atoms with van der Waals surface area (Å²) in [5, 5.41) is 17.4. The second kappa shape index (κ2) is 8.41. The summed E-state index contributed by atoms with van der Waals surface area (Å²) in [4.78, 5) is 24.4. The number of carboxylic acid groups (broad SMARTS) is 1. The van der Waals surface area contributed by atoms with Gasteiger partial charge < -0.3 is 15.2 Å². The molecule has 7 heteroatoms. The van der Waals surface area contributed by atoms with Crippen molar-refractivity contribution in [2.75, 3.05) is 11.9 Å². The van der Waals surface area contributed by atoms with E-state index in [1.54, 1.807) is 12.1 Å². The molecule has 0 amide bonds. The molecule has 7 nitrogen and oxygen atoms in total. The van der Waals surface area contributed by atoms with Crippen LogP contribution in [-0.2, 0) is 9.59 Å². The summed E-state index contributed by atoms with van der Waals surface area (Å²) >= 11 is 0. The number of aromatic nitrogens is 2. The molecule has 2 N–H and O–H groups in total. The van der Waals surface area contributed by atoms with E-state index in [9.17, 15) is 9.59 Å². The average molecular weight is 472 g/mol. The van der Waals surface area contributed by atoms with Gasteiger partial charge in [-0.1, -0.05) is 43.7 Å². The fourth-order valence-corrected chi connectivity index (χ4v) is 5.18. The predicted molar refractivity (Wildman–Crippen MR) is 133 cm³/mol. The number of fused-ring (bicyclic) bond motifs is 1. The van der Waals surface area contributed by atoms with E-state index in [4.69, 9.17) is 14.9 Å². The van der Waals surface area contributed by atoms with Crippen molar-refractivity contribution in [2.24, 2.45) is 5.41 Å². The van der Waals surface area contributed by atoms with Gasteiger partial charge in [0.05, 0.1) is 11.4 Å². The van der Waals surface area contributed by atoms with Crippen molar-refractivity contribution >= 4 is 17.6 Å². The smallest absolute Gasteiger partial charge is 0.341 e. The van der Waals surface area contributed by atoms with Crippen LogP contribution in [0.25, 0.3) is 5.69 Å². The molecule has 0 bridgehead atoms. The fraction of sp³-hybridized carbons (Fsp3) is 0.321. The number of benzene rings is 2. The Morgan fingerprint density at radius 1 is 1.11 bits per heavy atom. The Morgan fingerprint density at radius 2 is 1.80 bits per heavy atom. The van der Waals surface area contributed by atoms with Gasteiger partial charge in [0.2, 0.25) is 0 Å². The molecule has 2 aliphatic rings. The highest BCUT2D eigenvalue weighted by Gasteiger charge is 2.43. The lowest BCUT2D eigenvalue weighted by Crippen LogP contribution is -2.34. The molecule has 2 aromatic carbocycles. The molecule has 3 aromatic rings. The van der Waals surface area contributed by atoms with E-state index < -0.39 is 12.6 Å². The Morgan fingerprint density at radius 3 is 2.46 bits per heavy atom. The number of rotatable bonds is 5. The van der Waals surface area contributed by atoms with Crippen molar-refractivity contribution in [1.82, 2.24) is 9.78 Å². The monoisotopic (exact) mass is 471 g/mol. The number of nitrogens with one attached hydrogen (secondary N) is 1. The van der Waals surface area contributed by atoms with Crippen LogP contribution in [-0.4, -0.2) is 33.2 Å². The number of carbonyl (C=O) groups excluding carboxylic acids is 1. The first-order valence-corrected chi connectivity index (χ1v) is 11.8. The number of allylic oxidation sites excluding steroid dienone is 2. The lowest BCUT2D eigenvalue weighted by molar-refractivity contribution is -0.139. The molecular weight excluding hydrogens is 442 g/mol. The normalized spacial score (nSPS) is 18.5. The Balaban J connectivity index is 1.65. The van der Waals surface area contributed by atoms with Crippen LogP contribution in [0, 0.1) is 19.3 Å². The van der Waals surface area contributed by atoms with E-state index in [2.05, 4.69) is 38.2 Å².